The highest BCUT2D eigenvalue weighted by molar-refractivity contribution is 7.92. The van der Waals surface area contributed by atoms with Gasteiger partial charge in [-0.25, -0.2) is 8.42 Å². The molecule has 6 nitrogen and oxygen atoms in total. The molecule has 0 fully saturated rings. The van der Waals surface area contributed by atoms with Gasteiger partial charge in [0.25, 0.3) is 0 Å². The van der Waals surface area contributed by atoms with Crippen molar-refractivity contribution in [3.63, 3.8) is 0 Å². The normalized spacial score (nSPS) is 10.9. The number of sulfonamides is 1. The smallest absolute Gasteiger partial charge is 0.306 e. The third-order valence-electron chi connectivity index (χ3n) is 2.32. The highest BCUT2D eigenvalue weighted by Crippen LogP contribution is 2.24. The number of nitrogens with two attached hydrogens (primary N) is 1. The SMILES string of the molecule is COC(=O)CCS(=O)(=O)Nc1ccc(C(N)=S)cc1Cl. The molecule has 0 aliphatic heterocycles. The molecule has 0 unspecified atom stereocenters. The van der Waals surface area contributed by atoms with E-state index in [4.69, 9.17) is 29.6 Å². The van der Waals surface area contributed by atoms with Crippen molar-refractivity contribution in [3.05, 3.63) is 28.8 Å². The third-order valence-corrected chi connectivity index (χ3v) is 4.14. The van der Waals surface area contributed by atoms with E-state index < -0.39 is 21.7 Å². The molecule has 1 aromatic carbocycles. The molecule has 3 N–H and O–H groups in total. The maximum atomic E-state index is 11.8. The number of thiocarbonyl (C=S) groups is 1. The summed E-state index contributed by atoms with van der Waals surface area (Å²) in [6.07, 6.45) is -0.242. The Hall–Kier alpha value is -1.38. The number of benzene rings is 1. The Balaban J connectivity index is 2.82. The highest BCUT2D eigenvalue weighted by atomic mass is 35.5. The van der Waals surface area contributed by atoms with Gasteiger partial charge in [-0.3, -0.25) is 9.52 Å². The van der Waals surface area contributed by atoms with Crippen LogP contribution in [0.3, 0.4) is 0 Å². The van der Waals surface area contributed by atoms with Crippen LogP contribution in [0.5, 0.6) is 0 Å². The number of carbonyl (C=O) groups excluding carboxylic acids is 1. The molecule has 1 rings (SSSR count). The zero-order chi connectivity index (χ0) is 15.3. The van der Waals surface area contributed by atoms with E-state index in [9.17, 15) is 13.2 Å². The lowest BCUT2D eigenvalue weighted by molar-refractivity contribution is -0.140. The third kappa shape index (κ3) is 4.95. The van der Waals surface area contributed by atoms with Gasteiger partial charge < -0.3 is 10.5 Å². The monoisotopic (exact) mass is 336 g/mol. The van der Waals surface area contributed by atoms with E-state index in [0.717, 1.165) is 0 Å². The van der Waals surface area contributed by atoms with Crippen LogP contribution in [0.25, 0.3) is 0 Å². The average Bonchev–Trinajstić information content (AvgIpc) is 2.38. The quantitative estimate of drug-likeness (QED) is 0.599. The van der Waals surface area contributed by atoms with Gasteiger partial charge in [0.1, 0.15) is 4.99 Å². The van der Waals surface area contributed by atoms with E-state index in [2.05, 4.69) is 9.46 Å². The van der Waals surface area contributed by atoms with Gasteiger partial charge >= 0.3 is 5.97 Å². The number of rotatable bonds is 6. The van der Waals surface area contributed by atoms with Crippen molar-refractivity contribution in [2.24, 2.45) is 5.73 Å². The lowest BCUT2D eigenvalue weighted by atomic mass is 10.2. The predicted molar refractivity (Wildman–Crippen MR) is 81.4 cm³/mol. The van der Waals surface area contributed by atoms with Crippen LogP contribution < -0.4 is 10.5 Å². The Morgan fingerprint density at radius 1 is 1.50 bits per heavy atom. The van der Waals surface area contributed by atoms with Gasteiger partial charge in [0.2, 0.25) is 10.0 Å². The summed E-state index contributed by atoms with van der Waals surface area (Å²) in [5.74, 6) is -1.00. The standard InChI is InChI=1S/C11H13ClN2O4S2/c1-18-10(15)4-5-20(16,17)14-9-3-2-7(11(13)19)6-8(9)12/h2-3,6,14H,4-5H2,1H3,(H2,13,19). The van der Waals surface area contributed by atoms with Crippen LogP contribution in [0, 0.1) is 0 Å². The molecule has 0 bridgehead atoms. The molecule has 0 saturated heterocycles. The highest BCUT2D eigenvalue weighted by Gasteiger charge is 2.15. The molecule has 0 atom stereocenters. The van der Waals surface area contributed by atoms with Crippen molar-refractivity contribution in [1.82, 2.24) is 0 Å². The number of carbonyl (C=O) groups is 1. The predicted octanol–water partition coefficient (Wildman–Crippen LogP) is 1.28. The molecule has 0 heterocycles. The Labute approximate surface area is 127 Å². The van der Waals surface area contributed by atoms with Gasteiger partial charge in [0.05, 0.1) is 30.0 Å². The summed E-state index contributed by atoms with van der Waals surface area (Å²) >= 11 is 10.7. The van der Waals surface area contributed by atoms with Crippen molar-refractivity contribution in [2.75, 3.05) is 17.6 Å². The summed E-state index contributed by atoms with van der Waals surface area (Å²) in [6, 6.07) is 4.46. The summed E-state index contributed by atoms with van der Waals surface area (Å²) < 4.78 is 30.2. The number of ether oxygens (including phenoxy) is 1. The maximum Gasteiger partial charge on any atom is 0.306 e. The fourth-order valence-electron chi connectivity index (χ4n) is 1.29. The van der Waals surface area contributed by atoms with Crippen LogP contribution in [-0.4, -0.2) is 32.2 Å². The summed E-state index contributed by atoms with van der Waals surface area (Å²) in [4.78, 5) is 11.1. The molecule has 9 heteroatoms. The van der Waals surface area contributed by atoms with Crippen molar-refractivity contribution in [2.45, 2.75) is 6.42 Å². The zero-order valence-corrected chi connectivity index (χ0v) is 12.9. The van der Waals surface area contributed by atoms with Crippen LogP contribution in [0.1, 0.15) is 12.0 Å². The van der Waals surface area contributed by atoms with E-state index in [1.165, 1.54) is 19.2 Å². The van der Waals surface area contributed by atoms with Crippen LogP contribution >= 0.6 is 23.8 Å². The van der Waals surface area contributed by atoms with Crippen molar-refractivity contribution in [3.8, 4) is 0 Å². The Morgan fingerprint density at radius 2 is 2.15 bits per heavy atom. The maximum absolute atomic E-state index is 11.8. The molecule has 110 valence electrons. The van der Waals surface area contributed by atoms with E-state index >= 15 is 0 Å². The zero-order valence-electron chi connectivity index (χ0n) is 10.6. The van der Waals surface area contributed by atoms with Gasteiger partial charge in [0.15, 0.2) is 0 Å². The van der Waals surface area contributed by atoms with E-state index in [1.807, 2.05) is 0 Å². The number of methoxy groups -OCH3 is 1. The van der Waals surface area contributed by atoms with Crippen molar-refractivity contribution in [1.29, 1.82) is 0 Å². The summed E-state index contributed by atoms with van der Waals surface area (Å²) in [7, 11) is -2.51. The fourth-order valence-corrected chi connectivity index (χ4v) is 2.75. The minimum Gasteiger partial charge on any atom is -0.469 e. The summed E-state index contributed by atoms with van der Waals surface area (Å²) in [6.45, 7) is 0. The van der Waals surface area contributed by atoms with E-state index in [1.54, 1.807) is 6.07 Å². The number of anilines is 1. The molecule has 0 amide bonds. The Morgan fingerprint density at radius 3 is 2.65 bits per heavy atom. The lowest BCUT2D eigenvalue weighted by Gasteiger charge is -2.10. The second-order valence-electron chi connectivity index (χ2n) is 3.81. The number of halogens is 1. The molecule has 0 aromatic heterocycles. The molecule has 1 aromatic rings. The van der Waals surface area contributed by atoms with Crippen molar-refractivity contribution < 1.29 is 17.9 Å². The second kappa shape index (κ2) is 6.87. The largest absolute Gasteiger partial charge is 0.469 e. The van der Waals surface area contributed by atoms with Crippen LogP contribution in [0.4, 0.5) is 5.69 Å². The summed E-state index contributed by atoms with van der Waals surface area (Å²) in [5, 5.41) is 0.164. The first-order valence-corrected chi connectivity index (χ1v) is 7.85. The second-order valence-corrected chi connectivity index (χ2v) is 6.49. The van der Waals surface area contributed by atoms with Gasteiger partial charge in [0, 0.05) is 5.56 Å². The topological polar surface area (TPSA) is 98.5 Å². The molecule has 20 heavy (non-hydrogen) atoms. The molecule has 0 aliphatic rings. The first-order valence-electron chi connectivity index (χ1n) is 5.42. The fraction of sp³-hybridized carbons (Fsp3) is 0.273. The Kier molecular flexibility index (Phi) is 5.73. The minimum atomic E-state index is -3.69. The van der Waals surface area contributed by atoms with Crippen LogP contribution in [0.15, 0.2) is 18.2 Å². The number of hydrogen-bond acceptors (Lipinski definition) is 5. The minimum absolute atomic E-state index is 0.159. The first-order chi connectivity index (χ1) is 9.25. The number of nitrogens with one attached hydrogen (secondary N) is 1. The molecule has 0 saturated carbocycles. The molecule has 0 radical (unpaired) electrons. The average molecular weight is 337 g/mol. The number of hydrogen-bond donors (Lipinski definition) is 2. The van der Waals surface area contributed by atoms with Gasteiger partial charge in [-0.15, -0.1) is 0 Å². The van der Waals surface area contributed by atoms with E-state index in [-0.39, 0.29) is 22.1 Å². The van der Waals surface area contributed by atoms with Crippen LogP contribution in [0.2, 0.25) is 5.02 Å². The van der Waals surface area contributed by atoms with Crippen LogP contribution in [-0.2, 0) is 19.6 Å². The molecule has 0 spiro atoms. The molecular formula is C11H13ClN2O4S2. The Bertz CT molecular complexity index is 631. The van der Waals surface area contributed by atoms with Gasteiger partial charge in [-0.2, -0.15) is 0 Å². The van der Waals surface area contributed by atoms with Gasteiger partial charge in [-0.05, 0) is 18.2 Å². The summed E-state index contributed by atoms with van der Waals surface area (Å²) in [5.41, 5.74) is 6.16. The molecule has 0 aliphatic carbocycles. The first kappa shape index (κ1) is 16.7. The number of esters is 1. The van der Waals surface area contributed by atoms with E-state index in [0.29, 0.717) is 5.56 Å². The van der Waals surface area contributed by atoms with Crippen molar-refractivity contribution >= 4 is 50.5 Å². The van der Waals surface area contributed by atoms with Gasteiger partial charge in [-0.1, -0.05) is 23.8 Å². The molecular weight excluding hydrogens is 324 g/mol. The lowest BCUT2D eigenvalue weighted by Crippen LogP contribution is -2.20.